The van der Waals surface area contributed by atoms with Crippen molar-refractivity contribution in [2.45, 2.75) is 30.8 Å². The molecular formula is C7H14NO4P. The normalized spacial score (nSPS) is 40.8. The van der Waals surface area contributed by atoms with Gasteiger partial charge in [-0.3, -0.25) is 4.57 Å². The summed E-state index contributed by atoms with van der Waals surface area (Å²) >= 11 is 0. The molecule has 4 N–H and O–H groups in total. The molecule has 0 aromatic carbocycles. The molecule has 0 aliphatic carbocycles. The summed E-state index contributed by atoms with van der Waals surface area (Å²) in [7, 11) is 0.0333. The van der Waals surface area contributed by atoms with Crippen LogP contribution in [0.1, 0.15) is 6.42 Å². The minimum atomic E-state index is -1.10. The van der Waals surface area contributed by atoms with Crippen molar-refractivity contribution in [1.82, 2.24) is 5.32 Å². The molecule has 4 atom stereocenters. The molecule has 0 aromatic rings. The summed E-state index contributed by atoms with van der Waals surface area (Å²) in [6.07, 6.45) is -2.04. The molecule has 0 aromatic heterocycles. The van der Waals surface area contributed by atoms with E-state index in [0.717, 1.165) is 0 Å². The van der Waals surface area contributed by atoms with E-state index >= 15 is 0 Å². The van der Waals surface area contributed by atoms with Crippen LogP contribution in [0.2, 0.25) is 0 Å². The highest BCUT2D eigenvalue weighted by Gasteiger charge is 2.35. The molecule has 0 saturated carbocycles. The Bertz CT molecular complexity index is 180. The maximum Gasteiger partial charge on any atom is 0.155 e. The van der Waals surface area contributed by atoms with Crippen LogP contribution in [0.15, 0.2) is 0 Å². The van der Waals surface area contributed by atoms with Gasteiger partial charge >= 0.3 is 0 Å². The van der Waals surface area contributed by atoms with E-state index in [1.54, 1.807) is 0 Å². The van der Waals surface area contributed by atoms with Crippen LogP contribution < -0.4 is 5.32 Å². The number of hydrogen-bond acceptors (Lipinski definition) is 5. The summed E-state index contributed by atoms with van der Waals surface area (Å²) in [4.78, 5) is 0. The van der Waals surface area contributed by atoms with E-state index in [1.807, 2.05) is 0 Å². The van der Waals surface area contributed by atoms with E-state index in [1.165, 1.54) is 0 Å². The zero-order valence-corrected chi connectivity index (χ0v) is 8.02. The minimum absolute atomic E-state index is 0.0333. The van der Waals surface area contributed by atoms with E-state index in [0.29, 0.717) is 12.6 Å². The SMILES string of the molecule is O=PCCC1NCC(O)C(O)C1O. The molecule has 1 saturated heterocycles. The van der Waals surface area contributed by atoms with Gasteiger partial charge in [0.05, 0.1) is 12.2 Å². The molecule has 4 unspecified atom stereocenters. The molecule has 0 amide bonds. The molecule has 5 nitrogen and oxygen atoms in total. The number of piperidine rings is 1. The van der Waals surface area contributed by atoms with E-state index in [9.17, 15) is 14.8 Å². The first kappa shape index (κ1) is 11.0. The van der Waals surface area contributed by atoms with Crippen molar-refractivity contribution in [2.24, 2.45) is 0 Å². The zero-order chi connectivity index (χ0) is 9.84. The van der Waals surface area contributed by atoms with Crippen LogP contribution in [0.4, 0.5) is 0 Å². The van der Waals surface area contributed by atoms with Crippen molar-refractivity contribution in [3.05, 3.63) is 0 Å². The van der Waals surface area contributed by atoms with Gasteiger partial charge < -0.3 is 20.6 Å². The summed E-state index contributed by atoms with van der Waals surface area (Å²) in [5, 5.41) is 30.8. The van der Waals surface area contributed by atoms with Crippen LogP contribution in [-0.2, 0) is 4.57 Å². The molecule has 1 heterocycles. The van der Waals surface area contributed by atoms with Crippen LogP contribution in [-0.4, -0.2) is 52.4 Å². The first-order valence-corrected chi connectivity index (χ1v) is 5.23. The number of β-amino-alcohol motifs (C(OH)–C–C–N with tert-alkyl or cyclic N) is 1. The molecular weight excluding hydrogens is 193 g/mol. The van der Waals surface area contributed by atoms with Gasteiger partial charge in [0.1, 0.15) is 6.10 Å². The predicted octanol–water partition coefficient (Wildman–Crippen LogP) is -1.28. The molecule has 0 bridgehead atoms. The van der Waals surface area contributed by atoms with E-state index in [4.69, 9.17) is 5.11 Å². The third-order valence-corrected chi connectivity index (χ3v) is 2.72. The third-order valence-electron chi connectivity index (χ3n) is 2.28. The first-order valence-electron chi connectivity index (χ1n) is 4.23. The van der Waals surface area contributed by atoms with Crippen molar-refractivity contribution in [1.29, 1.82) is 0 Å². The smallest absolute Gasteiger partial charge is 0.155 e. The number of aliphatic hydroxyl groups is 3. The van der Waals surface area contributed by atoms with Gasteiger partial charge in [-0.2, -0.15) is 0 Å². The third kappa shape index (κ3) is 2.69. The highest BCUT2D eigenvalue weighted by Crippen LogP contribution is 2.14. The van der Waals surface area contributed by atoms with Crippen LogP contribution in [0, 0.1) is 0 Å². The van der Waals surface area contributed by atoms with Gasteiger partial charge in [0, 0.05) is 18.7 Å². The quantitative estimate of drug-likeness (QED) is 0.433. The second-order valence-electron chi connectivity index (χ2n) is 3.20. The van der Waals surface area contributed by atoms with Crippen LogP contribution in [0.3, 0.4) is 0 Å². The van der Waals surface area contributed by atoms with Gasteiger partial charge in [0.25, 0.3) is 0 Å². The van der Waals surface area contributed by atoms with Crippen LogP contribution >= 0.6 is 8.46 Å². The summed E-state index contributed by atoms with van der Waals surface area (Å²) in [5.41, 5.74) is 0. The average molecular weight is 207 g/mol. The highest BCUT2D eigenvalue weighted by molar-refractivity contribution is 7.23. The lowest BCUT2D eigenvalue weighted by Gasteiger charge is -2.35. The molecule has 0 spiro atoms. The molecule has 76 valence electrons. The number of rotatable bonds is 3. The Hall–Kier alpha value is -0.0600. The fourth-order valence-electron chi connectivity index (χ4n) is 1.44. The largest absolute Gasteiger partial charge is 0.389 e. The summed E-state index contributed by atoms with van der Waals surface area (Å²) < 4.78 is 10.2. The number of aliphatic hydroxyl groups excluding tert-OH is 3. The second-order valence-corrected chi connectivity index (χ2v) is 3.91. The van der Waals surface area contributed by atoms with Gasteiger partial charge in [-0.05, 0) is 6.42 Å². The lowest BCUT2D eigenvalue weighted by atomic mass is 9.94. The van der Waals surface area contributed by atoms with E-state index in [-0.39, 0.29) is 21.0 Å². The number of nitrogens with one attached hydrogen (secondary N) is 1. The summed E-state index contributed by atoms with van der Waals surface area (Å²) in [6, 6.07) is -0.278. The summed E-state index contributed by atoms with van der Waals surface area (Å²) in [6.45, 7) is 0.263. The predicted molar refractivity (Wildman–Crippen MR) is 46.9 cm³/mol. The van der Waals surface area contributed by atoms with Crippen molar-refractivity contribution in [3.8, 4) is 0 Å². The molecule has 6 heteroatoms. The molecule has 1 aliphatic heterocycles. The Morgan fingerprint density at radius 2 is 2.00 bits per heavy atom. The van der Waals surface area contributed by atoms with E-state index in [2.05, 4.69) is 5.32 Å². The molecule has 0 radical (unpaired) electrons. The molecule has 1 fully saturated rings. The number of hydrogen-bond donors (Lipinski definition) is 4. The van der Waals surface area contributed by atoms with Crippen molar-refractivity contribution in [3.63, 3.8) is 0 Å². The monoisotopic (exact) mass is 207 g/mol. The van der Waals surface area contributed by atoms with Crippen molar-refractivity contribution >= 4 is 8.46 Å². The van der Waals surface area contributed by atoms with Crippen LogP contribution in [0.5, 0.6) is 0 Å². The van der Waals surface area contributed by atoms with Gasteiger partial charge in [0.2, 0.25) is 0 Å². The molecule has 1 aliphatic rings. The Morgan fingerprint density at radius 1 is 1.31 bits per heavy atom. The maximum absolute atomic E-state index is 10.2. The van der Waals surface area contributed by atoms with Gasteiger partial charge in [0.15, 0.2) is 8.46 Å². The summed E-state index contributed by atoms with van der Waals surface area (Å²) in [5.74, 6) is 0. The fourth-order valence-corrected chi connectivity index (χ4v) is 1.83. The Balaban J connectivity index is 2.43. The topological polar surface area (TPSA) is 89.8 Å². The van der Waals surface area contributed by atoms with Gasteiger partial charge in [-0.1, -0.05) is 0 Å². The Morgan fingerprint density at radius 3 is 2.62 bits per heavy atom. The Labute approximate surface area is 78.0 Å². The fraction of sp³-hybridized carbons (Fsp3) is 1.00. The van der Waals surface area contributed by atoms with Crippen molar-refractivity contribution < 1.29 is 19.9 Å². The second kappa shape index (κ2) is 4.98. The standard InChI is InChI=1S/C7H14NO4P/c9-5-3-8-4(1-2-13-12)6(10)7(5)11/h4-11H,1-3H2. The lowest BCUT2D eigenvalue weighted by molar-refractivity contribution is -0.0942. The molecule has 1 rings (SSSR count). The average Bonchev–Trinajstić information content (AvgIpc) is 2.13. The zero-order valence-electron chi connectivity index (χ0n) is 7.13. The van der Waals surface area contributed by atoms with Crippen molar-refractivity contribution in [2.75, 3.05) is 12.7 Å². The highest BCUT2D eigenvalue weighted by atomic mass is 31.1. The minimum Gasteiger partial charge on any atom is -0.389 e. The lowest BCUT2D eigenvalue weighted by Crippen LogP contribution is -2.59. The maximum atomic E-state index is 10.2. The van der Waals surface area contributed by atoms with Gasteiger partial charge in [-0.15, -0.1) is 0 Å². The first-order chi connectivity index (χ1) is 6.16. The molecule has 13 heavy (non-hydrogen) atoms. The Kier molecular flexibility index (Phi) is 4.22. The van der Waals surface area contributed by atoms with Crippen LogP contribution in [0.25, 0.3) is 0 Å². The van der Waals surface area contributed by atoms with E-state index < -0.39 is 18.3 Å². The van der Waals surface area contributed by atoms with Gasteiger partial charge in [-0.25, -0.2) is 0 Å².